The van der Waals surface area contributed by atoms with E-state index in [2.05, 4.69) is 167 Å². The number of nitrogens with zero attached hydrogens (tertiary/aromatic N) is 14. The van der Waals surface area contributed by atoms with E-state index in [1.165, 1.54) is 81.5 Å². The van der Waals surface area contributed by atoms with Crippen molar-refractivity contribution in [1.82, 2.24) is 59.1 Å². The second kappa shape index (κ2) is 31.8. The average molecular weight is 1560 g/mol. The molecule has 6 aliphatic rings. The number of halogens is 3. The van der Waals surface area contributed by atoms with E-state index in [0.29, 0.717) is 61.9 Å². The van der Waals surface area contributed by atoms with Crippen LogP contribution >= 0.6 is 57.7 Å². The summed E-state index contributed by atoms with van der Waals surface area (Å²) in [6.45, 7) is 24.9. The van der Waals surface area contributed by atoms with Crippen molar-refractivity contribution in [3.63, 3.8) is 0 Å². The van der Waals surface area contributed by atoms with Gasteiger partial charge in [-0.15, -0.1) is 0 Å². The van der Waals surface area contributed by atoms with Gasteiger partial charge >= 0.3 is 0 Å². The lowest BCUT2D eigenvalue weighted by Gasteiger charge is -2.43. The Kier molecular flexibility index (Phi) is 23.3. The van der Waals surface area contributed by atoms with E-state index in [4.69, 9.17) is 31.8 Å². The molecule has 8 heterocycles. The van der Waals surface area contributed by atoms with E-state index in [1.807, 2.05) is 73.6 Å². The van der Waals surface area contributed by atoms with E-state index in [-0.39, 0.29) is 5.28 Å². The molecule has 101 heavy (non-hydrogen) atoms. The normalized spacial score (nSPS) is 17.8. The van der Waals surface area contributed by atoms with Gasteiger partial charge in [0.15, 0.2) is 0 Å². The smallest absolute Gasteiger partial charge is 0.229 e. The zero-order valence-electron chi connectivity index (χ0n) is 60.5. The number of rotatable bonds is 18. The number of nitrogens with one attached hydrogen (secondary N) is 3. The number of likely N-dealkylation sites (N-methyl/N-ethyl adjacent to an activating group) is 2. The SMILES string of the molecule is COc1cc(N2CCC(N3CCN(C)CC3)CC2)c(-c2cnn(C)c2)cc1N.COc1cc(N2CCC(N3CCN(C)CC3)CC2)c(-c2cnn(C)c2)cc1Nc1ncc(Br)c(Nc2ccc(C3CC3)c(C)c2P(C)(C)=O)n1.Cc1c(C2CC2)ccc(Nc2nc(Cl)ncc2Br)c1P(C)(C)=O. The summed E-state index contributed by atoms with van der Waals surface area (Å²) >= 11 is 12.9. The van der Waals surface area contributed by atoms with Crippen molar-refractivity contribution in [2.45, 2.75) is 89.1 Å². The van der Waals surface area contributed by atoms with Crippen LogP contribution in [-0.2, 0) is 23.2 Å². The van der Waals surface area contributed by atoms with E-state index in [1.54, 1.807) is 39.9 Å². The predicted molar refractivity (Wildman–Crippen MR) is 422 cm³/mol. The molecule has 27 heteroatoms. The van der Waals surface area contributed by atoms with Gasteiger partial charge in [-0.1, -0.05) is 12.1 Å². The number of aryl methyl sites for hydroxylation is 2. The van der Waals surface area contributed by atoms with Gasteiger partial charge in [-0.25, -0.2) is 9.97 Å². The van der Waals surface area contributed by atoms with Crippen molar-refractivity contribution in [2.75, 3.05) is 165 Å². The highest BCUT2D eigenvalue weighted by molar-refractivity contribution is 9.11. The Morgan fingerprint density at radius 3 is 1.37 bits per heavy atom. The summed E-state index contributed by atoms with van der Waals surface area (Å²) in [5, 5.41) is 21.0. The van der Waals surface area contributed by atoms with Crippen molar-refractivity contribution in [1.29, 1.82) is 0 Å². The summed E-state index contributed by atoms with van der Waals surface area (Å²) in [5.41, 5.74) is 20.8. The zero-order chi connectivity index (χ0) is 71.6. The first-order valence-electron chi connectivity index (χ1n) is 35.2. The first kappa shape index (κ1) is 74.1. The van der Waals surface area contributed by atoms with E-state index in [9.17, 15) is 9.13 Å². The molecule has 6 fully saturated rings. The summed E-state index contributed by atoms with van der Waals surface area (Å²) in [5.74, 6) is 4.21. The molecule has 5 N–H and O–H groups in total. The number of piperidine rings is 2. The molecular weight excluding hydrogens is 1460 g/mol. The summed E-state index contributed by atoms with van der Waals surface area (Å²) < 4.78 is 43.0. The third kappa shape index (κ3) is 17.8. The van der Waals surface area contributed by atoms with Crippen LogP contribution in [0.3, 0.4) is 0 Å². The third-order valence-corrected chi connectivity index (χ3v) is 25.3. The molecule has 0 bridgehead atoms. The molecule has 0 spiro atoms. The molecule has 0 amide bonds. The monoisotopic (exact) mass is 1560 g/mol. The Morgan fingerprint density at radius 1 is 0.525 bits per heavy atom. The maximum atomic E-state index is 13.6. The highest BCUT2D eigenvalue weighted by Gasteiger charge is 2.34. The first-order valence-corrected chi connectivity index (χ1v) is 42.4. The van der Waals surface area contributed by atoms with Crippen LogP contribution in [0.25, 0.3) is 22.3 Å². The largest absolute Gasteiger partial charge is 0.495 e. The minimum absolute atomic E-state index is 0.166. The fourth-order valence-corrected chi connectivity index (χ4v) is 19.0. The maximum absolute atomic E-state index is 13.6. The molecule has 2 aliphatic carbocycles. The molecular formula is C74H99Br2ClN18O4P2. The lowest BCUT2D eigenvalue weighted by atomic mass is 9.98. The number of hydrogen-bond donors (Lipinski definition) is 4. The Hall–Kier alpha value is -6.59. The van der Waals surface area contributed by atoms with Gasteiger partial charge in [0.25, 0.3) is 0 Å². The van der Waals surface area contributed by atoms with Crippen LogP contribution in [0.4, 0.5) is 51.7 Å². The maximum Gasteiger partial charge on any atom is 0.229 e. The third-order valence-electron chi connectivity index (χ3n) is 20.7. The van der Waals surface area contributed by atoms with Gasteiger partial charge in [-0.3, -0.25) is 19.2 Å². The molecule has 4 saturated heterocycles. The fraction of sp³-hybridized carbons (Fsp3) is 0.486. The van der Waals surface area contributed by atoms with Gasteiger partial charge in [0, 0.05) is 186 Å². The standard InChI is InChI=1S/C37H49BrN9O2P.C21H32N6O.C16H18BrClN3OP/c1-24-28(25-7-8-25)9-10-31(35(24)50(5,6)48)41-36-30(38)22-39-37(43-36)42-32-19-29(26-21-40-45(3)23-26)33(20-34(32)49-4)47-13-11-27(12-14-47)46-17-15-44(2)16-18-46;1-24-8-10-26(11-9-24)17-4-6-27(7-5-17)20-13-21(28-3)19(22)12-18(20)16-14-23-25(2)15-16;1-9-11(10-4-5-10)6-7-13(14(9)23(2,3)22)20-15-12(17)8-19-16(18)21-15/h9-10,19-23,25,27H,7-8,11-18H2,1-6H3,(H2,39,41,42,43);12-15,17H,4-11,22H2,1-3H3;6-8,10H,4-5H2,1-3H3,(H,19,20,21). The fourth-order valence-electron chi connectivity index (χ4n) is 15.0. The number of methoxy groups -OCH3 is 2. The number of benzene rings is 4. The highest BCUT2D eigenvalue weighted by Crippen LogP contribution is 2.50. The van der Waals surface area contributed by atoms with Crippen molar-refractivity contribution < 1.29 is 18.6 Å². The van der Waals surface area contributed by atoms with Crippen LogP contribution < -0.4 is 51.6 Å². The lowest BCUT2D eigenvalue weighted by Crippen LogP contribution is -2.52. The van der Waals surface area contributed by atoms with Crippen LogP contribution in [0.15, 0.2) is 94.7 Å². The number of nitrogens with two attached hydrogens (primary N) is 1. The van der Waals surface area contributed by atoms with Gasteiger partial charge in [-0.2, -0.15) is 20.2 Å². The topological polar surface area (TPSA) is 221 Å². The van der Waals surface area contributed by atoms with Crippen LogP contribution in [-0.4, -0.2) is 205 Å². The summed E-state index contributed by atoms with van der Waals surface area (Å²) in [7, 11) is 6.65. The quantitative estimate of drug-likeness (QED) is 0.0356. The molecule has 4 aliphatic heterocycles. The highest BCUT2D eigenvalue weighted by atomic mass is 79.9. The molecule has 0 atom stereocenters. The second-order valence-electron chi connectivity index (χ2n) is 28.8. The number of piperazine rings is 2. The Balaban J connectivity index is 0.000000159. The minimum atomic E-state index is -2.59. The van der Waals surface area contributed by atoms with Crippen LogP contribution in [0.5, 0.6) is 11.5 Å². The molecule has 0 unspecified atom stereocenters. The molecule has 8 aromatic rings. The molecule has 4 aromatic carbocycles. The van der Waals surface area contributed by atoms with Crippen LogP contribution in [0.2, 0.25) is 5.28 Å². The van der Waals surface area contributed by atoms with Gasteiger partial charge < -0.3 is 59.9 Å². The Morgan fingerprint density at radius 2 is 0.950 bits per heavy atom. The summed E-state index contributed by atoms with van der Waals surface area (Å²) in [4.78, 5) is 32.8. The van der Waals surface area contributed by atoms with Crippen molar-refractivity contribution in [3.05, 3.63) is 122 Å². The summed E-state index contributed by atoms with van der Waals surface area (Å²) in [6, 6.07) is 18.0. The molecule has 4 aromatic heterocycles. The molecule has 22 nitrogen and oxygen atoms in total. The number of anilines is 9. The number of hydrogen-bond acceptors (Lipinski definition) is 20. The van der Waals surface area contributed by atoms with E-state index in [0.717, 1.165) is 138 Å². The molecule has 14 rings (SSSR count). The number of nitrogen functional groups attached to an aromatic ring is 1. The van der Waals surface area contributed by atoms with Crippen molar-refractivity contribution in [2.24, 2.45) is 14.1 Å². The van der Waals surface area contributed by atoms with Crippen LogP contribution in [0.1, 0.15) is 85.5 Å². The Bertz CT molecular complexity index is 4350. The molecule has 0 radical (unpaired) electrons. The van der Waals surface area contributed by atoms with E-state index >= 15 is 0 Å². The van der Waals surface area contributed by atoms with Gasteiger partial charge in [0.1, 0.15) is 37.4 Å². The van der Waals surface area contributed by atoms with Gasteiger partial charge in [0.05, 0.1) is 58.3 Å². The van der Waals surface area contributed by atoms with Crippen molar-refractivity contribution in [3.8, 4) is 33.8 Å². The minimum Gasteiger partial charge on any atom is -0.495 e. The second-order valence-corrected chi connectivity index (χ2v) is 37.1. The van der Waals surface area contributed by atoms with Crippen LogP contribution in [0, 0.1) is 13.8 Å². The summed E-state index contributed by atoms with van der Waals surface area (Å²) in [6.07, 6.45) is 20.7. The first-order chi connectivity index (χ1) is 48.3. The average Bonchev–Trinajstić information content (AvgIpc) is 1.64. The van der Waals surface area contributed by atoms with Crippen molar-refractivity contribution >= 4 is 120 Å². The molecule has 2 saturated carbocycles. The predicted octanol–water partition coefficient (Wildman–Crippen LogP) is 13.7. The number of ether oxygens (including phenoxy) is 2. The number of aromatic nitrogens is 8. The molecule has 540 valence electrons. The van der Waals surface area contributed by atoms with Gasteiger partial charge in [-0.05, 0) is 208 Å². The van der Waals surface area contributed by atoms with Gasteiger partial charge in [0.2, 0.25) is 11.2 Å². The lowest BCUT2D eigenvalue weighted by molar-refractivity contribution is 0.0982. The zero-order valence-corrected chi connectivity index (χ0v) is 66.3. The van der Waals surface area contributed by atoms with E-state index < -0.39 is 14.3 Å². The Labute approximate surface area is 617 Å².